The van der Waals surface area contributed by atoms with Gasteiger partial charge in [-0.2, -0.15) is 0 Å². The van der Waals surface area contributed by atoms with Gasteiger partial charge in [0.05, 0.1) is 7.11 Å². The summed E-state index contributed by atoms with van der Waals surface area (Å²) in [6, 6.07) is 31.1. The summed E-state index contributed by atoms with van der Waals surface area (Å²) >= 11 is 0. The third-order valence-electron chi connectivity index (χ3n) is 5.85. The molecule has 31 heavy (non-hydrogen) atoms. The molecule has 5 rings (SSSR count). The van der Waals surface area contributed by atoms with E-state index in [1.54, 1.807) is 13.2 Å². The van der Waals surface area contributed by atoms with Crippen molar-refractivity contribution < 1.29 is 14.9 Å². The van der Waals surface area contributed by atoms with Gasteiger partial charge in [0.15, 0.2) is 0 Å². The van der Waals surface area contributed by atoms with E-state index in [9.17, 15) is 10.2 Å². The van der Waals surface area contributed by atoms with E-state index in [1.807, 2.05) is 91.0 Å². The van der Waals surface area contributed by atoms with Gasteiger partial charge in [0, 0.05) is 11.1 Å². The molecule has 1 atom stereocenters. The maximum absolute atomic E-state index is 11.5. The summed E-state index contributed by atoms with van der Waals surface area (Å²) in [6.07, 6.45) is -0.922. The van der Waals surface area contributed by atoms with Crippen molar-refractivity contribution in [3.63, 3.8) is 0 Å². The van der Waals surface area contributed by atoms with Gasteiger partial charge in [-0.05, 0) is 44.8 Å². The van der Waals surface area contributed by atoms with E-state index in [0.29, 0.717) is 11.3 Å². The van der Waals surface area contributed by atoms with Gasteiger partial charge >= 0.3 is 0 Å². The molecule has 152 valence electrons. The van der Waals surface area contributed by atoms with Crippen molar-refractivity contribution in [3.8, 4) is 22.6 Å². The molecule has 0 aliphatic heterocycles. The highest BCUT2D eigenvalue weighted by Crippen LogP contribution is 2.45. The summed E-state index contributed by atoms with van der Waals surface area (Å²) in [5, 5.41) is 26.5. The number of benzene rings is 5. The average molecular weight is 406 g/mol. The standard InChI is InChI=1S/C28H22O3/c1-31-25-13-7-6-12-22(25)28(30)23-16-14-18-8-2-4-10-20(18)26(23)27-21-11-5-3-9-19(21)15-17-24(27)29/h2-17,28-30H,1H3. The van der Waals surface area contributed by atoms with E-state index < -0.39 is 6.10 Å². The first-order valence-electron chi connectivity index (χ1n) is 10.2. The van der Waals surface area contributed by atoms with Crippen molar-refractivity contribution in [3.05, 3.63) is 108 Å². The normalized spacial score (nSPS) is 12.2. The van der Waals surface area contributed by atoms with Crippen LogP contribution >= 0.6 is 0 Å². The zero-order chi connectivity index (χ0) is 21.4. The Morgan fingerprint density at radius 1 is 0.613 bits per heavy atom. The van der Waals surface area contributed by atoms with Crippen LogP contribution in [0.25, 0.3) is 32.7 Å². The lowest BCUT2D eigenvalue weighted by Gasteiger charge is -2.21. The SMILES string of the molecule is COc1ccccc1C(O)c1ccc2ccccc2c1-c1c(O)ccc2ccccc12. The van der Waals surface area contributed by atoms with Crippen LogP contribution in [0.15, 0.2) is 97.1 Å². The molecule has 0 bridgehead atoms. The number of fused-ring (bicyclic) bond motifs is 2. The largest absolute Gasteiger partial charge is 0.507 e. The molecule has 0 aromatic heterocycles. The van der Waals surface area contributed by atoms with Gasteiger partial charge in [0.1, 0.15) is 17.6 Å². The van der Waals surface area contributed by atoms with Crippen molar-refractivity contribution in [2.45, 2.75) is 6.10 Å². The number of methoxy groups -OCH3 is 1. The number of aliphatic hydroxyl groups excluding tert-OH is 1. The molecule has 0 fully saturated rings. The minimum atomic E-state index is -0.922. The van der Waals surface area contributed by atoms with E-state index >= 15 is 0 Å². The number of aliphatic hydroxyl groups is 1. The lowest BCUT2D eigenvalue weighted by Crippen LogP contribution is -2.05. The first-order chi connectivity index (χ1) is 15.2. The van der Waals surface area contributed by atoms with E-state index in [-0.39, 0.29) is 5.75 Å². The molecule has 0 amide bonds. The molecule has 3 nitrogen and oxygen atoms in total. The fraction of sp³-hybridized carbons (Fsp3) is 0.0714. The molecule has 0 radical (unpaired) electrons. The number of hydrogen-bond acceptors (Lipinski definition) is 3. The van der Waals surface area contributed by atoms with Gasteiger partial charge in [-0.15, -0.1) is 0 Å². The van der Waals surface area contributed by atoms with E-state index in [4.69, 9.17) is 4.74 Å². The Bertz CT molecular complexity index is 1400. The van der Waals surface area contributed by atoms with Crippen LogP contribution in [-0.2, 0) is 0 Å². The number of ether oxygens (including phenoxy) is 1. The molecule has 0 heterocycles. The van der Waals surface area contributed by atoms with Crippen LogP contribution in [0.3, 0.4) is 0 Å². The Labute approximate surface area is 180 Å². The smallest absolute Gasteiger partial charge is 0.125 e. The second kappa shape index (κ2) is 7.78. The van der Waals surface area contributed by atoms with Gasteiger partial charge in [-0.25, -0.2) is 0 Å². The van der Waals surface area contributed by atoms with Crippen LogP contribution in [0.5, 0.6) is 11.5 Å². The van der Waals surface area contributed by atoms with E-state index in [2.05, 4.69) is 0 Å². The fourth-order valence-corrected chi connectivity index (χ4v) is 4.38. The maximum Gasteiger partial charge on any atom is 0.125 e. The molecule has 0 saturated carbocycles. The third-order valence-corrected chi connectivity index (χ3v) is 5.85. The highest BCUT2D eigenvalue weighted by atomic mass is 16.5. The molecule has 5 aromatic carbocycles. The summed E-state index contributed by atoms with van der Waals surface area (Å²) in [5.41, 5.74) is 2.95. The molecular weight excluding hydrogens is 384 g/mol. The second-order valence-corrected chi connectivity index (χ2v) is 7.58. The monoisotopic (exact) mass is 406 g/mol. The van der Waals surface area contributed by atoms with Crippen LogP contribution in [0, 0.1) is 0 Å². The Hall–Kier alpha value is -3.82. The first kappa shape index (κ1) is 19.2. The van der Waals surface area contributed by atoms with Gasteiger partial charge in [0.25, 0.3) is 0 Å². The van der Waals surface area contributed by atoms with Crippen molar-refractivity contribution in [1.82, 2.24) is 0 Å². The Balaban J connectivity index is 1.88. The molecule has 0 aliphatic carbocycles. The summed E-state index contributed by atoms with van der Waals surface area (Å²) in [5.74, 6) is 0.805. The topological polar surface area (TPSA) is 49.7 Å². The van der Waals surface area contributed by atoms with E-state index in [1.165, 1.54) is 0 Å². The third kappa shape index (κ3) is 3.20. The predicted octanol–water partition coefficient (Wildman–Crippen LogP) is 6.46. The summed E-state index contributed by atoms with van der Waals surface area (Å²) in [7, 11) is 1.60. The Kier molecular flexibility index (Phi) is 4.81. The van der Waals surface area contributed by atoms with Crippen molar-refractivity contribution in [2.24, 2.45) is 0 Å². The number of rotatable bonds is 4. The second-order valence-electron chi connectivity index (χ2n) is 7.58. The van der Waals surface area contributed by atoms with Crippen molar-refractivity contribution in [1.29, 1.82) is 0 Å². The van der Waals surface area contributed by atoms with Crippen molar-refractivity contribution in [2.75, 3.05) is 7.11 Å². The first-order valence-corrected chi connectivity index (χ1v) is 10.2. The molecule has 0 spiro atoms. The zero-order valence-electron chi connectivity index (χ0n) is 17.1. The van der Waals surface area contributed by atoms with Gasteiger partial charge < -0.3 is 14.9 Å². The van der Waals surface area contributed by atoms with Gasteiger partial charge in [0.2, 0.25) is 0 Å². The predicted molar refractivity (Wildman–Crippen MR) is 126 cm³/mol. The molecular formula is C28H22O3. The highest BCUT2D eigenvalue weighted by molar-refractivity contribution is 6.08. The lowest BCUT2D eigenvalue weighted by atomic mass is 9.86. The van der Waals surface area contributed by atoms with Crippen LogP contribution in [-0.4, -0.2) is 17.3 Å². The maximum atomic E-state index is 11.5. The molecule has 3 heteroatoms. The lowest BCUT2D eigenvalue weighted by molar-refractivity contribution is 0.215. The van der Waals surface area contributed by atoms with Crippen molar-refractivity contribution >= 4 is 21.5 Å². The average Bonchev–Trinajstić information content (AvgIpc) is 2.83. The Morgan fingerprint density at radius 2 is 1.19 bits per heavy atom. The Morgan fingerprint density at radius 3 is 1.90 bits per heavy atom. The molecule has 0 saturated heterocycles. The number of phenols is 1. The fourth-order valence-electron chi connectivity index (χ4n) is 4.38. The summed E-state index contributed by atoms with van der Waals surface area (Å²) < 4.78 is 5.51. The molecule has 2 N–H and O–H groups in total. The number of aromatic hydroxyl groups is 1. The van der Waals surface area contributed by atoms with Crippen LogP contribution in [0.4, 0.5) is 0 Å². The van der Waals surface area contributed by atoms with Crippen LogP contribution in [0.1, 0.15) is 17.2 Å². The highest BCUT2D eigenvalue weighted by Gasteiger charge is 2.23. The van der Waals surface area contributed by atoms with E-state index in [0.717, 1.165) is 38.2 Å². The molecule has 0 aliphatic rings. The number of phenolic OH excluding ortho intramolecular Hbond substituents is 1. The molecule has 1 unspecified atom stereocenters. The number of hydrogen-bond donors (Lipinski definition) is 2. The number of para-hydroxylation sites is 1. The minimum absolute atomic E-state index is 0.184. The van der Waals surface area contributed by atoms with Gasteiger partial charge in [-0.3, -0.25) is 0 Å². The quantitative estimate of drug-likeness (QED) is 0.360. The summed E-state index contributed by atoms with van der Waals surface area (Å²) in [6.45, 7) is 0. The van der Waals surface area contributed by atoms with Crippen LogP contribution < -0.4 is 4.74 Å². The molecule has 5 aromatic rings. The van der Waals surface area contributed by atoms with Crippen LogP contribution in [0.2, 0.25) is 0 Å². The minimum Gasteiger partial charge on any atom is -0.507 e. The zero-order valence-corrected chi connectivity index (χ0v) is 17.1. The summed E-state index contributed by atoms with van der Waals surface area (Å²) in [4.78, 5) is 0. The van der Waals surface area contributed by atoms with Gasteiger partial charge in [-0.1, -0.05) is 84.9 Å².